The highest BCUT2D eigenvalue weighted by Crippen LogP contribution is 2.25. The molecule has 5 rings (SSSR count). The summed E-state index contributed by atoms with van der Waals surface area (Å²) in [6, 6.07) is 16.0. The van der Waals surface area contributed by atoms with Crippen molar-refractivity contribution in [2.45, 2.75) is 19.0 Å². The zero-order valence-corrected chi connectivity index (χ0v) is 20.0. The number of benzene rings is 2. The Balaban J connectivity index is 1.30. The van der Waals surface area contributed by atoms with E-state index in [9.17, 15) is 9.59 Å². The lowest BCUT2D eigenvalue weighted by atomic mass is 9.99. The third-order valence-electron chi connectivity index (χ3n) is 6.33. The van der Waals surface area contributed by atoms with Crippen LogP contribution in [-0.2, 0) is 24.8 Å². The largest absolute Gasteiger partial charge is 0.378 e. The van der Waals surface area contributed by atoms with Crippen LogP contribution in [0.1, 0.15) is 33.4 Å². The van der Waals surface area contributed by atoms with Crippen molar-refractivity contribution < 1.29 is 9.59 Å². The first-order chi connectivity index (χ1) is 17.5. The average molecular weight is 483 g/mol. The van der Waals surface area contributed by atoms with Crippen molar-refractivity contribution in [2.24, 2.45) is 7.05 Å². The summed E-state index contributed by atoms with van der Waals surface area (Å²) in [5, 5.41) is 14.7. The van der Waals surface area contributed by atoms with E-state index in [2.05, 4.69) is 30.8 Å². The summed E-state index contributed by atoms with van der Waals surface area (Å²) in [6.45, 7) is 1.02. The fourth-order valence-electron chi connectivity index (χ4n) is 4.26. The molecule has 0 radical (unpaired) electrons. The van der Waals surface area contributed by atoms with Gasteiger partial charge >= 0.3 is 0 Å². The quantitative estimate of drug-likeness (QED) is 0.433. The molecule has 2 aromatic carbocycles. The van der Waals surface area contributed by atoms with Gasteiger partial charge in [0.25, 0.3) is 5.91 Å². The number of aromatic nitrogens is 5. The first-order valence-electron chi connectivity index (χ1n) is 11.6. The molecular formula is C26H26N8O2. The van der Waals surface area contributed by atoms with Crippen LogP contribution in [0.25, 0.3) is 11.5 Å². The Hall–Kier alpha value is -4.60. The summed E-state index contributed by atoms with van der Waals surface area (Å²) in [5.41, 5.74) is 3.80. The fourth-order valence-corrected chi connectivity index (χ4v) is 4.26. The Kier molecular flexibility index (Phi) is 6.40. The summed E-state index contributed by atoms with van der Waals surface area (Å²) in [5.74, 6) is 0.916. The minimum atomic E-state index is -0.725. The third kappa shape index (κ3) is 4.65. The zero-order valence-electron chi connectivity index (χ0n) is 20.0. The predicted molar refractivity (Wildman–Crippen MR) is 134 cm³/mol. The van der Waals surface area contributed by atoms with Gasteiger partial charge < -0.3 is 20.1 Å². The molecule has 0 saturated carbocycles. The molecule has 10 nitrogen and oxygen atoms in total. The van der Waals surface area contributed by atoms with Gasteiger partial charge in [-0.25, -0.2) is 9.97 Å². The molecule has 3 heterocycles. The Labute approximate surface area is 208 Å². The molecular weight excluding hydrogens is 456 g/mol. The maximum atomic E-state index is 13.2. The minimum Gasteiger partial charge on any atom is -0.378 e. The molecule has 2 amide bonds. The van der Waals surface area contributed by atoms with E-state index in [1.807, 2.05) is 41.9 Å². The number of nitrogens with one attached hydrogen (secondary N) is 2. The van der Waals surface area contributed by atoms with Crippen LogP contribution in [0, 0.1) is 0 Å². The van der Waals surface area contributed by atoms with Gasteiger partial charge in [0.2, 0.25) is 5.91 Å². The minimum absolute atomic E-state index is 0.121. The summed E-state index contributed by atoms with van der Waals surface area (Å²) >= 11 is 0. The molecule has 10 heteroatoms. The summed E-state index contributed by atoms with van der Waals surface area (Å²) in [7, 11) is 3.64. The number of carbonyl (C=O) groups is 2. The summed E-state index contributed by atoms with van der Waals surface area (Å²) in [6.07, 6.45) is 3.88. The first kappa shape index (κ1) is 23.2. The van der Waals surface area contributed by atoms with Gasteiger partial charge in [-0.15, -0.1) is 10.2 Å². The predicted octanol–water partition coefficient (Wildman–Crippen LogP) is 2.37. The van der Waals surface area contributed by atoms with Gasteiger partial charge in [-0.1, -0.05) is 30.3 Å². The number of anilines is 1. The van der Waals surface area contributed by atoms with E-state index < -0.39 is 6.04 Å². The number of rotatable bonds is 6. The Morgan fingerprint density at radius 2 is 1.94 bits per heavy atom. The highest BCUT2D eigenvalue weighted by molar-refractivity contribution is 5.98. The Morgan fingerprint density at radius 1 is 1.08 bits per heavy atom. The number of hydrogen-bond donors (Lipinski definition) is 2. The smallest absolute Gasteiger partial charge is 0.252 e. The maximum absolute atomic E-state index is 13.2. The van der Waals surface area contributed by atoms with Gasteiger partial charge in [0.1, 0.15) is 18.1 Å². The molecule has 36 heavy (non-hydrogen) atoms. The zero-order chi connectivity index (χ0) is 25.1. The Morgan fingerprint density at radius 3 is 2.78 bits per heavy atom. The second-order valence-corrected chi connectivity index (χ2v) is 8.64. The van der Waals surface area contributed by atoms with Crippen LogP contribution in [0.15, 0.2) is 67.1 Å². The molecule has 1 aliphatic rings. The molecule has 1 atom stereocenters. The van der Waals surface area contributed by atoms with Crippen molar-refractivity contribution in [1.29, 1.82) is 0 Å². The number of amides is 2. The van der Waals surface area contributed by atoms with E-state index in [0.717, 1.165) is 23.2 Å². The van der Waals surface area contributed by atoms with E-state index in [1.54, 1.807) is 42.4 Å². The second kappa shape index (κ2) is 9.95. The van der Waals surface area contributed by atoms with Crippen molar-refractivity contribution in [3.05, 3.63) is 89.6 Å². The number of nitrogens with zero attached hydrogens (tertiary/aromatic N) is 6. The van der Waals surface area contributed by atoms with Gasteiger partial charge in [-0.05, 0) is 41.8 Å². The maximum Gasteiger partial charge on any atom is 0.252 e. The first-order valence-corrected chi connectivity index (χ1v) is 11.6. The van der Waals surface area contributed by atoms with Crippen LogP contribution in [0.2, 0.25) is 0 Å². The SMILES string of the molecule is CN1CCc2ccccc2C(NC(=O)c2cccc(NCc3nnc(-c4ccncn4)n3C)c2)C1=O. The number of hydrogen-bond acceptors (Lipinski definition) is 7. The molecule has 2 aromatic heterocycles. The lowest BCUT2D eigenvalue weighted by molar-refractivity contribution is -0.131. The van der Waals surface area contributed by atoms with Crippen LogP contribution in [0.3, 0.4) is 0 Å². The van der Waals surface area contributed by atoms with Crippen LogP contribution in [0.4, 0.5) is 5.69 Å². The topological polar surface area (TPSA) is 118 Å². The van der Waals surface area contributed by atoms with E-state index in [4.69, 9.17) is 0 Å². The van der Waals surface area contributed by atoms with Gasteiger partial charge in [-0.3, -0.25) is 9.59 Å². The molecule has 0 spiro atoms. The molecule has 2 N–H and O–H groups in total. The molecule has 4 aromatic rings. The van der Waals surface area contributed by atoms with Crippen molar-refractivity contribution >= 4 is 17.5 Å². The highest BCUT2D eigenvalue weighted by Gasteiger charge is 2.30. The molecule has 182 valence electrons. The van der Waals surface area contributed by atoms with Crippen molar-refractivity contribution in [3.8, 4) is 11.5 Å². The highest BCUT2D eigenvalue weighted by atomic mass is 16.2. The fraction of sp³-hybridized carbons (Fsp3) is 0.231. The van der Waals surface area contributed by atoms with E-state index in [1.165, 1.54) is 6.33 Å². The number of fused-ring (bicyclic) bond motifs is 1. The van der Waals surface area contributed by atoms with Crippen molar-refractivity contribution in [3.63, 3.8) is 0 Å². The second-order valence-electron chi connectivity index (χ2n) is 8.64. The van der Waals surface area contributed by atoms with E-state index in [-0.39, 0.29) is 11.8 Å². The average Bonchev–Trinajstić information content (AvgIpc) is 3.24. The van der Waals surface area contributed by atoms with Crippen LogP contribution in [0.5, 0.6) is 0 Å². The number of likely N-dealkylation sites (N-methyl/N-ethyl adjacent to an activating group) is 1. The van der Waals surface area contributed by atoms with E-state index >= 15 is 0 Å². The van der Waals surface area contributed by atoms with Gasteiger partial charge in [0.05, 0.1) is 6.54 Å². The molecule has 0 saturated heterocycles. The molecule has 0 aliphatic carbocycles. The lowest BCUT2D eigenvalue weighted by Gasteiger charge is -2.22. The summed E-state index contributed by atoms with van der Waals surface area (Å²) < 4.78 is 1.86. The number of carbonyl (C=O) groups excluding carboxylic acids is 2. The monoisotopic (exact) mass is 482 g/mol. The van der Waals surface area contributed by atoms with Gasteiger partial charge in [0, 0.05) is 38.1 Å². The molecule has 1 unspecified atom stereocenters. The summed E-state index contributed by atoms with van der Waals surface area (Å²) in [4.78, 5) is 36.0. The van der Waals surface area contributed by atoms with Gasteiger partial charge in [-0.2, -0.15) is 0 Å². The standard InChI is InChI=1S/C26H26N8O2/c1-33-13-11-17-6-3-4-9-20(17)23(26(33)36)30-25(35)18-7-5-8-19(14-18)28-15-22-31-32-24(34(22)2)21-10-12-27-16-29-21/h3-10,12,14,16,23,28H,11,13,15H2,1-2H3,(H,30,35). The molecule has 0 bridgehead atoms. The van der Waals surface area contributed by atoms with Crippen LogP contribution < -0.4 is 10.6 Å². The lowest BCUT2D eigenvalue weighted by Crippen LogP contribution is -2.40. The van der Waals surface area contributed by atoms with Gasteiger partial charge in [0.15, 0.2) is 11.6 Å². The van der Waals surface area contributed by atoms with Crippen LogP contribution in [-0.4, -0.2) is 55.0 Å². The van der Waals surface area contributed by atoms with E-state index in [0.29, 0.717) is 36.0 Å². The normalized spacial score (nSPS) is 15.2. The Bertz CT molecular complexity index is 1400. The molecule has 0 fully saturated rings. The third-order valence-corrected chi connectivity index (χ3v) is 6.33. The van der Waals surface area contributed by atoms with Crippen molar-refractivity contribution in [1.82, 2.24) is 34.9 Å². The van der Waals surface area contributed by atoms with Crippen molar-refractivity contribution in [2.75, 3.05) is 18.9 Å². The molecule has 1 aliphatic heterocycles. The van der Waals surface area contributed by atoms with Crippen LogP contribution >= 0.6 is 0 Å².